The largest absolute Gasteiger partial charge is 0.457 e. The van der Waals surface area contributed by atoms with E-state index in [1.807, 2.05) is 37.3 Å². The highest BCUT2D eigenvalue weighted by Crippen LogP contribution is 2.39. The molecule has 0 saturated heterocycles. The predicted molar refractivity (Wildman–Crippen MR) is 150 cm³/mol. The maximum Gasteiger partial charge on any atom is 0.322 e. The molecule has 0 bridgehead atoms. The lowest BCUT2D eigenvalue weighted by Crippen LogP contribution is -2.47. The van der Waals surface area contributed by atoms with Gasteiger partial charge in [-0.2, -0.15) is 0 Å². The number of hydrogen-bond donors (Lipinski definition) is 2. The van der Waals surface area contributed by atoms with Crippen LogP contribution in [-0.2, 0) is 9.59 Å². The van der Waals surface area contributed by atoms with Crippen molar-refractivity contribution in [3.63, 3.8) is 0 Å². The number of benzene rings is 3. The molecule has 0 unspecified atom stereocenters. The molecular weight excluding hydrogens is 539 g/mol. The van der Waals surface area contributed by atoms with Crippen molar-refractivity contribution in [2.24, 2.45) is 0 Å². The minimum absolute atomic E-state index is 0.0917. The standard InChI is InChI=1S/C29H26Cl2N4O4/c1-2-35-24-17-34(28(37)26(24)27(33-29(35)38)22-13-8-18(30)16-23(22)31)15-14-25(36)32-19-9-11-21(12-10-19)39-20-6-4-3-5-7-20/h3-13,16,27H,2,14-15,17H2,1H3,(H,32,36)(H,33,38)/t27-/m1/s1. The number of anilines is 1. The summed E-state index contributed by atoms with van der Waals surface area (Å²) in [5.74, 6) is 0.899. The van der Waals surface area contributed by atoms with Gasteiger partial charge in [-0.3, -0.25) is 14.5 Å². The molecule has 0 aromatic heterocycles. The zero-order chi connectivity index (χ0) is 27.5. The van der Waals surface area contributed by atoms with Gasteiger partial charge in [0, 0.05) is 35.2 Å². The van der Waals surface area contributed by atoms with Crippen molar-refractivity contribution in [2.45, 2.75) is 19.4 Å². The van der Waals surface area contributed by atoms with E-state index in [-0.39, 0.29) is 37.4 Å². The summed E-state index contributed by atoms with van der Waals surface area (Å²) >= 11 is 12.5. The van der Waals surface area contributed by atoms with Gasteiger partial charge in [0.15, 0.2) is 0 Å². The van der Waals surface area contributed by atoms with E-state index in [1.165, 1.54) is 0 Å². The zero-order valence-corrected chi connectivity index (χ0v) is 22.6. The van der Waals surface area contributed by atoms with Gasteiger partial charge >= 0.3 is 6.03 Å². The normalized spacial score (nSPS) is 16.7. The molecule has 8 nitrogen and oxygen atoms in total. The molecule has 3 aromatic carbocycles. The molecule has 3 aromatic rings. The topological polar surface area (TPSA) is 91.0 Å². The van der Waals surface area contributed by atoms with Crippen LogP contribution in [-0.4, -0.2) is 47.3 Å². The molecule has 1 atom stereocenters. The summed E-state index contributed by atoms with van der Waals surface area (Å²) in [5, 5.41) is 6.57. The van der Waals surface area contributed by atoms with E-state index in [0.29, 0.717) is 44.9 Å². The SMILES string of the molecule is CCN1C(=O)N[C@H](c2ccc(Cl)cc2Cl)C2=C1CN(CCC(=O)Nc1ccc(Oc3ccccc3)cc1)C2=O. The van der Waals surface area contributed by atoms with Crippen LogP contribution in [0.4, 0.5) is 10.5 Å². The minimum Gasteiger partial charge on any atom is -0.457 e. The highest BCUT2D eigenvalue weighted by atomic mass is 35.5. The quantitative estimate of drug-likeness (QED) is 0.351. The maximum absolute atomic E-state index is 13.5. The van der Waals surface area contributed by atoms with E-state index in [1.54, 1.807) is 52.3 Å². The Bertz CT molecular complexity index is 1440. The van der Waals surface area contributed by atoms with Gasteiger partial charge in [-0.05, 0) is 61.0 Å². The van der Waals surface area contributed by atoms with Crippen molar-refractivity contribution >= 4 is 46.7 Å². The first-order valence-corrected chi connectivity index (χ1v) is 13.3. The number of para-hydroxylation sites is 1. The Morgan fingerprint density at radius 2 is 1.74 bits per heavy atom. The average Bonchev–Trinajstić information content (AvgIpc) is 3.25. The molecule has 2 aliphatic rings. The van der Waals surface area contributed by atoms with Gasteiger partial charge in [0.25, 0.3) is 5.91 Å². The Hall–Kier alpha value is -4.01. The van der Waals surface area contributed by atoms with Crippen molar-refractivity contribution in [1.82, 2.24) is 15.1 Å². The molecule has 200 valence electrons. The minimum atomic E-state index is -0.706. The van der Waals surface area contributed by atoms with E-state index >= 15 is 0 Å². The lowest BCUT2D eigenvalue weighted by Gasteiger charge is -2.33. The highest BCUT2D eigenvalue weighted by molar-refractivity contribution is 6.35. The van der Waals surface area contributed by atoms with Gasteiger partial charge in [-0.15, -0.1) is 0 Å². The Morgan fingerprint density at radius 1 is 1.03 bits per heavy atom. The number of carbonyl (C=O) groups is 3. The number of nitrogens with one attached hydrogen (secondary N) is 2. The fourth-order valence-electron chi connectivity index (χ4n) is 4.72. The molecule has 2 heterocycles. The van der Waals surface area contributed by atoms with E-state index in [0.717, 1.165) is 5.75 Å². The van der Waals surface area contributed by atoms with Crippen LogP contribution in [0.2, 0.25) is 10.0 Å². The van der Waals surface area contributed by atoms with Gasteiger partial charge in [0.05, 0.1) is 23.9 Å². The van der Waals surface area contributed by atoms with Gasteiger partial charge in [0.1, 0.15) is 11.5 Å². The molecular formula is C29H26Cl2N4O4. The predicted octanol–water partition coefficient (Wildman–Crippen LogP) is 6.00. The van der Waals surface area contributed by atoms with Crippen LogP contribution in [0.25, 0.3) is 0 Å². The Labute approximate surface area is 236 Å². The molecule has 0 saturated carbocycles. The molecule has 0 aliphatic carbocycles. The molecule has 2 aliphatic heterocycles. The molecule has 5 rings (SSSR count). The lowest BCUT2D eigenvalue weighted by molar-refractivity contribution is -0.126. The van der Waals surface area contributed by atoms with Gasteiger partial charge in [0.2, 0.25) is 5.91 Å². The third-order valence-corrected chi connectivity index (χ3v) is 7.17. The second-order valence-corrected chi connectivity index (χ2v) is 9.96. The van der Waals surface area contributed by atoms with Gasteiger partial charge < -0.3 is 20.3 Å². The Morgan fingerprint density at radius 3 is 2.44 bits per heavy atom. The van der Waals surface area contributed by atoms with Crippen LogP contribution in [0.15, 0.2) is 84.1 Å². The second-order valence-electron chi connectivity index (χ2n) is 9.12. The number of likely N-dealkylation sites (N-methyl/N-ethyl adjacent to an activating group) is 1. The third kappa shape index (κ3) is 5.72. The molecule has 0 radical (unpaired) electrons. The summed E-state index contributed by atoms with van der Waals surface area (Å²) in [6, 6.07) is 20.4. The zero-order valence-electron chi connectivity index (χ0n) is 21.1. The number of rotatable bonds is 8. The summed E-state index contributed by atoms with van der Waals surface area (Å²) in [5.41, 5.74) is 2.28. The van der Waals surface area contributed by atoms with Crippen LogP contribution in [0, 0.1) is 0 Å². The maximum atomic E-state index is 13.5. The monoisotopic (exact) mass is 564 g/mol. The summed E-state index contributed by atoms with van der Waals surface area (Å²) in [6.07, 6.45) is 0.0917. The fraction of sp³-hybridized carbons (Fsp3) is 0.207. The molecule has 0 fully saturated rings. The molecule has 0 spiro atoms. The smallest absolute Gasteiger partial charge is 0.322 e. The van der Waals surface area contributed by atoms with Crippen molar-refractivity contribution in [2.75, 3.05) is 25.0 Å². The summed E-state index contributed by atoms with van der Waals surface area (Å²) in [6.45, 7) is 2.67. The van der Waals surface area contributed by atoms with Crippen LogP contribution < -0.4 is 15.4 Å². The second kappa shape index (κ2) is 11.4. The van der Waals surface area contributed by atoms with Crippen LogP contribution in [0.3, 0.4) is 0 Å². The summed E-state index contributed by atoms with van der Waals surface area (Å²) < 4.78 is 5.78. The Balaban J connectivity index is 1.23. The third-order valence-electron chi connectivity index (χ3n) is 6.61. The van der Waals surface area contributed by atoms with Crippen molar-refractivity contribution in [1.29, 1.82) is 0 Å². The summed E-state index contributed by atoms with van der Waals surface area (Å²) in [4.78, 5) is 42.2. The fourth-order valence-corrected chi connectivity index (χ4v) is 5.24. The number of nitrogens with zero attached hydrogens (tertiary/aromatic N) is 2. The van der Waals surface area contributed by atoms with Crippen molar-refractivity contribution in [3.8, 4) is 11.5 Å². The number of urea groups is 1. The number of halogens is 2. The van der Waals surface area contributed by atoms with Crippen molar-refractivity contribution in [3.05, 3.63) is 99.7 Å². The van der Waals surface area contributed by atoms with Crippen LogP contribution in [0.5, 0.6) is 11.5 Å². The van der Waals surface area contributed by atoms with Crippen LogP contribution >= 0.6 is 23.2 Å². The number of carbonyl (C=O) groups excluding carboxylic acids is 3. The van der Waals surface area contributed by atoms with Gasteiger partial charge in [-0.25, -0.2) is 4.79 Å². The lowest BCUT2D eigenvalue weighted by atomic mass is 9.95. The number of amides is 4. The Kier molecular flexibility index (Phi) is 7.77. The van der Waals surface area contributed by atoms with Crippen molar-refractivity contribution < 1.29 is 19.1 Å². The first-order chi connectivity index (χ1) is 18.8. The molecule has 4 amide bonds. The number of ether oxygens (including phenoxy) is 1. The van der Waals surface area contributed by atoms with E-state index < -0.39 is 6.04 Å². The first kappa shape index (κ1) is 26.6. The molecule has 2 N–H and O–H groups in total. The van der Waals surface area contributed by atoms with E-state index in [4.69, 9.17) is 27.9 Å². The molecule has 39 heavy (non-hydrogen) atoms. The molecule has 10 heteroatoms. The van der Waals surface area contributed by atoms with E-state index in [9.17, 15) is 14.4 Å². The highest BCUT2D eigenvalue weighted by Gasteiger charge is 2.44. The van der Waals surface area contributed by atoms with Crippen LogP contribution in [0.1, 0.15) is 24.9 Å². The van der Waals surface area contributed by atoms with Gasteiger partial charge in [-0.1, -0.05) is 47.5 Å². The summed E-state index contributed by atoms with van der Waals surface area (Å²) in [7, 11) is 0. The average molecular weight is 565 g/mol. The number of hydrogen-bond acceptors (Lipinski definition) is 4. The van der Waals surface area contributed by atoms with E-state index in [2.05, 4.69) is 10.6 Å². The first-order valence-electron chi connectivity index (χ1n) is 12.5.